The molecule has 1 amide bonds. The summed E-state index contributed by atoms with van der Waals surface area (Å²) in [6, 6.07) is 4.37. The fourth-order valence-electron chi connectivity index (χ4n) is 3.89. The van der Waals surface area contributed by atoms with E-state index in [1.165, 1.54) is 24.8 Å². The summed E-state index contributed by atoms with van der Waals surface area (Å²) in [5.41, 5.74) is 2.14. The number of methoxy groups -OCH3 is 1. The summed E-state index contributed by atoms with van der Waals surface area (Å²) >= 11 is 1.73. The predicted octanol–water partition coefficient (Wildman–Crippen LogP) is 3.68. The molecule has 28 heavy (non-hydrogen) atoms. The fraction of sp³-hybridized carbons (Fsp3) is 0.524. The number of rotatable bonds is 6. The Kier molecular flexibility index (Phi) is 6.57. The van der Waals surface area contributed by atoms with Gasteiger partial charge in [0.1, 0.15) is 5.69 Å². The van der Waals surface area contributed by atoms with E-state index in [9.17, 15) is 9.59 Å². The van der Waals surface area contributed by atoms with Crippen LogP contribution in [0.2, 0.25) is 0 Å². The maximum Gasteiger partial charge on any atom is 0.339 e. The number of ether oxygens (including phenoxy) is 1. The number of nitrogens with zero attached hydrogens (tertiary/aromatic N) is 1. The molecule has 0 aliphatic carbocycles. The van der Waals surface area contributed by atoms with Crippen LogP contribution in [0.3, 0.4) is 0 Å². The van der Waals surface area contributed by atoms with Gasteiger partial charge >= 0.3 is 5.97 Å². The zero-order chi connectivity index (χ0) is 20.3. The van der Waals surface area contributed by atoms with E-state index in [-0.39, 0.29) is 11.9 Å². The topological polar surface area (TPSA) is 74.4 Å². The number of hydrogen-bond donors (Lipinski definition) is 2. The molecule has 6 nitrogen and oxygen atoms in total. The lowest BCUT2D eigenvalue weighted by Gasteiger charge is -2.36. The first kappa shape index (κ1) is 20.6. The highest BCUT2D eigenvalue weighted by atomic mass is 32.1. The van der Waals surface area contributed by atoms with Gasteiger partial charge in [0.15, 0.2) is 0 Å². The molecule has 2 aromatic rings. The average Bonchev–Trinajstić information content (AvgIpc) is 3.31. The molecule has 1 atom stereocenters. The second-order valence-electron chi connectivity index (χ2n) is 7.58. The summed E-state index contributed by atoms with van der Waals surface area (Å²) in [5, 5.41) is 5.16. The number of esters is 1. The molecule has 0 spiro atoms. The van der Waals surface area contributed by atoms with E-state index in [1.54, 1.807) is 25.2 Å². The zero-order valence-corrected chi connectivity index (χ0v) is 17.8. The van der Waals surface area contributed by atoms with E-state index in [0.29, 0.717) is 29.1 Å². The molecule has 2 aromatic heterocycles. The van der Waals surface area contributed by atoms with Crippen molar-refractivity contribution in [2.75, 3.05) is 26.7 Å². The van der Waals surface area contributed by atoms with Crippen LogP contribution in [0, 0.1) is 19.8 Å². The SMILES string of the molecule is COC(=O)c1c(C)[nH]c(C(=O)NCC(c2cccs2)N2CCC(C)CC2)c1C. The molecule has 0 saturated carbocycles. The number of piperidine rings is 1. The molecule has 1 fully saturated rings. The lowest BCUT2D eigenvalue weighted by molar-refractivity contribution is 0.0599. The van der Waals surface area contributed by atoms with Crippen LogP contribution in [-0.4, -0.2) is 48.5 Å². The molecule has 1 unspecified atom stereocenters. The maximum atomic E-state index is 12.8. The van der Waals surface area contributed by atoms with Crippen LogP contribution in [0.1, 0.15) is 62.8 Å². The first-order chi connectivity index (χ1) is 13.4. The number of amides is 1. The molecular formula is C21H29N3O3S. The number of aromatic nitrogens is 1. The van der Waals surface area contributed by atoms with Crippen molar-refractivity contribution in [2.45, 2.75) is 39.7 Å². The first-order valence-electron chi connectivity index (χ1n) is 9.75. The summed E-state index contributed by atoms with van der Waals surface area (Å²) in [6.07, 6.45) is 2.38. The minimum absolute atomic E-state index is 0.174. The summed E-state index contributed by atoms with van der Waals surface area (Å²) in [6.45, 7) is 8.49. The van der Waals surface area contributed by atoms with Gasteiger partial charge in [0.25, 0.3) is 5.91 Å². The number of likely N-dealkylation sites (tertiary alicyclic amines) is 1. The third-order valence-corrected chi connectivity index (χ3v) is 6.61. The Morgan fingerprint density at radius 3 is 2.68 bits per heavy atom. The van der Waals surface area contributed by atoms with Crippen LogP contribution >= 0.6 is 11.3 Å². The molecule has 3 rings (SSSR count). The van der Waals surface area contributed by atoms with E-state index in [4.69, 9.17) is 4.74 Å². The second kappa shape index (κ2) is 8.92. The summed E-state index contributed by atoms with van der Waals surface area (Å²) < 4.78 is 4.83. The van der Waals surface area contributed by atoms with Crippen molar-refractivity contribution in [3.8, 4) is 0 Å². The van der Waals surface area contributed by atoms with Crippen molar-refractivity contribution in [3.63, 3.8) is 0 Å². The van der Waals surface area contributed by atoms with E-state index < -0.39 is 5.97 Å². The van der Waals surface area contributed by atoms with Crippen LogP contribution in [-0.2, 0) is 4.74 Å². The Balaban J connectivity index is 1.73. The van der Waals surface area contributed by atoms with Gasteiger partial charge in [-0.3, -0.25) is 9.69 Å². The van der Waals surface area contributed by atoms with Crippen LogP contribution < -0.4 is 5.32 Å². The number of nitrogens with one attached hydrogen (secondary N) is 2. The zero-order valence-electron chi connectivity index (χ0n) is 17.0. The number of aryl methyl sites for hydroxylation is 1. The molecule has 0 radical (unpaired) electrons. The summed E-state index contributed by atoms with van der Waals surface area (Å²) in [7, 11) is 1.35. The Morgan fingerprint density at radius 1 is 1.36 bits per heavy atom. The Labute approximate surface area is 170 Å². The highest BCUT2D eigenvalue weighted by Crippen LogP contribution is 2.29. The molecule has 152 valence electrons. The number of thiophene rings is 1. The third-order valence-electron chi connectivity index (χ3n) is 5.64. The van der Waals surface area contributed by atoms with Crippen molar-refractivity contribution >= 4 is 23.2 Å². The van der Waals surface area contributed by atoms with Crippen molar-refractivity contribution in [2.24, 2.45) is 5.92 Å². The first-order valence-corrected chi connectivity index (χ1v) is 10.6. The van der Waals surface area contributed by atoms with E-state index in [1.807, 2.05) is 0 Å². The van der Waals surface area contributed by atoms with Gasteiger partial charge in [0.05, 0.1) is 18.7 Å². The average molecular weight is 404 g/mol. The van der Waals surface area contributed by atoms with Gasteiger partial charge in [0, 0.05) is 17.1 Å². The van der Waals surface area contributed by atoms with Crippen LogP contribution in [0.15, 0.2) is 17.5 Å². The smallest absolute Gasteiger partial charge is 0.339 e. The second-order valence-corrected chi connectivity index (χ2v) is 8.56. The van der Waals surface area contributed by atoms with Gasteiger partial charge in [0.2, 0.25) is 0 Å². The molecule has 1 aliphatic heterocycles. The minimum Gasteiger partial charge on any atom is -0.465 e. The van der Waals surface area contributed by atoms with Gasteiger partial charge in [-0.15, -0.1) is 11.3 Å². The summed E-state index contributed by atoms with van der Waals surface area (Å²) in [5.74, 6) is 0.142. The van der Waals surface area contributed by atoms with Gasteiger partial charge < -0.3 is 15.0 Å². The molecule has 2 N–H and O–H groups in total. The predicted molar refractivity (Wildman–Crippen MR) is 111 cm³/mol. The molecule has 0 aromatic carbocycles. The maximum absolute atomic E-state index is 12.8. The Morgan fingerprint density at radius 2 is 2.07 bits per heavy atom. The monoisotopic (exact) mass is 403 g/mol. The standard InChI is InChI=1S/C21H29N3O3S/c1-13-7-9-24(10-8-13)16(17-6-5-11-28-17)12-22-20(25)19-14(2)18(15(3)23-19)21(26)27-4/h5-6,11,13,16,23H,7-10,12H2,1-4H3,(H,22,25). The van der Waals surface area contributed by atoms with Gasteiger partial charge in [-0.2, -0.15) is 0 Å². The molecule has 3 heterocycles. The van der Waals surface area contributed by atoms with Gasteiger partial charge in [-0.25, -0.2) is 4.79 Å². The molecule has 1 aliphatic rings. The highest BCUT2D eigenvalue weighted by molar-refractivity contribution is 7.10. The molecule has 1 saturated heterocycles. The van der Waals surface area contributed by atoms with Crippen molar-refractivity contribution in [3.05, 3.63) is 44.9 Å². The molecular weight excluding hydrogens is 374 g/mol. The number of carbonyl (C=O) groups is 2. The molecule has 7 heteroatoms. The van der Waals surface area contributed by atoms with Crippen LogP contribution in [0.4, 0.5) is 0 Å². The minimum atomic E-state index is -0.427. The van der Waals surface area contributed by atoms with Crippen molar-refractivity contribution in [1.29, 1.82) is 0 Å². The lowest BCUT2D eigenvalue weighted by Crippen LogP contribution is -2.41. The number of hydrogen-bond acceptors (Lipinski definition) is 5. The normalized spacial score (nSPS) is 16.7. The molecule has 0 bridgehead atoms. The largest absolute Gasteiger partial charge is 0.465 e. The number of H-pyrrole nitrogens is 1. The van der Waals surface area contributed by atoms with E-state index in [2.05, 4.69) is 39.6 Å². The fourth-order valence-corrected chi connectivity index (χ4v) is 4.75. The van der Waals surface area contributed by atoms with E-state index in [0.717, 1.165) is 19.0 Å². The van der Waals surface area contributed by atoms with E-state index >= 15 is 0 Å². The van der Waals surface area contributed by atoms with Crippen LogP contribution in [0.5, 0.6) is 0 Å². The van der Waals surface area contributed by atoms with Crippen molar-refractivity contribution in [1.82, 2.24) is 15.2 Å². The van der Waals surface area contributed by atoms with Gasteiger partial charge in [-0.1, -0.05) is 13.0 Å². The Hall–Kier alpha value is -2.12. The summed E-state index contributed by atoms with van der Waals surface area (Å²) in [4.78, 5) is 31.6. The Bertz CT molecular complexity index is 820. The number of carbonyl (C=O) groups excluding carboxylic acids is 2. The lowest BCUT2D eigenvalue weighted by atomic mass is 9.97. The highest BCUT2D eigenvalue weighted by Gasteiger charge is 2.27. The van der Waals surface area contributed by atoms with Crippen LogP contribution in [0.25, 0.3) is 0 Å². The van der Waals surface area contributed by atoms with Gasteiger partial charge in [-0.05, 0) is 62.7 Å². The number of aromatic amines is 1. The third kappa shape index (κ3) is 4.31. The van der Waals surface area contributed by atoms with Crippen molar-refractivity contribution < 1.29 is 14.3 Å². The quantitative estimate of drug-likeness (QED) is 0.722.